The molecule has 24 heavy (non-hydrogen) atoms. The number of aldehydes is 1. The van der Waals surface area contributed by atoms with Crippen LogP contribution in [0.4, 0.5) is 5.69 Å². The molecule has 0 amide bonds. The van der Waals surface area contributed by atoms with Crippen molar-refractivity contribution in [3.63, 3.8) is 0 Å². The lowest BCUT2D eigenvalue weighted by Gasteiger charge is -2.32. The smallest absolute Gasteiger partial charge is 0.147 e. The van der Waals surface area contributed by atoms with Crippen molar-refractivity contribution in [2.24, 2.45) is 0 Å². The molecule has 5 nitrogen and oxygen atoms in total. The van der Waals surface area contributed by atoms with Crippen LogP contribution in [0.5, 0.6) is 17.2 Å². The summed E-state index contributed by atoms with van der Waals surface area (Å²) in [6.07, 6.45) is 4.76. The van der Waals surface area contributed by atoms with Gasteiger partial charge in [-0.15, -0.1) is 0 Å². The minimum absolute atomic E-state index is 0.473. The number of rotatable bonds is 5. The molecule has 1 atom stereocenters. The molecule has 0 fully saturated rings. The lowest BCUT2D eigenvalue weighted by molar-refractivity contribution is -0.109. The Kier molecular flexibility index (Phi) is 4.42. The van der Waals surface area contributed by atoms with Crippen LogP contribution in [0, 0.1) is 0 Å². The van der Waals surface area contributed by atoms with Gasteiger partial charge >= 0.3 is 0 Å². The van der Waals surface area contributed by atoms with Crippen LogP contribution in [0.3, 0.4) is 0 Å². The predicted molar refractivity (Wildman–Crippen MR) is 92.9 cm³/mol. The van der Waals surface area contributed by atoms with Crippen molar-refractivity contribution in [1.29, 1.82) is 0 Å². The Bertz CT molecular complexity index is 768. The van der Waals surface area contributed by atoms with Crippen LogP contribution < -0.4 is 19.1 Å². The molecule has 0 N–H and O–H groups in total. The average Bonchev–Trinajstić information content (AvgIpc) is 2.66. The van der Waals surface area contributed by atoms with Crippen LogP contribution in [0.25, 0.3) is 6.08 Å². The fourth-order valence-electron chi connectivity index (χ4n) is 2.89. The quantitative estimate of drug-likeness (QED) is 0.788. The Morgan fingerprint density at radius 3 is 2.25 bits per heavy atom. The Morgan fingerprint density at radius 1 is 0.958 bits per heavy atom. The molecule has 5 heteroatoms. The number of hydrogen-bond donors (Lipinski definition) is 0. The van der Waals surface area contributed by atoms with Gasteiger partial charge in [0.05, 0.1) is 21.3 Å². The van der Waals surface area contributed by atoms with E-state index in [0.29, 0.717) is 11.5 Å². The summed E-state index contributed by atoms with van der Waals surface area (Å²) in [5, 5.41) is 0. The van der Waals surface area contributed by atoms with Crippen LogP contribution >= 0.6 is 0 Å². The summed E-state index contributed by atoms with van der Waals surface area (Å²) >= 11 is 0. The summed E-state index contributed by atoms with van der Waals surface area (Å²) in [5.41, 5.74) is 2.63. The first-order chi connectivity index (χ1) is 11.7. The van der Waals surface area contributed by atoms with Crippen molar-refractivity contribution in [1.82, 2.24) is 0 Å². The van der Waals surface area contributed by atoms with Crippen LogP contribution in [0.1, 0.15) is 17.2 Å². The topological polar surface area (TPSA) is 48.0 Å². The number of carbonyl (C=O) groups excluding carboxylic acids is 1. The maximum absolute atomic E-state index is 11.9. The second-order valence-electron chi connectivity index (χ2n) is 5.33. The minimum Gasteiger partial charge on any atom is -0.497 e. The van der Waals surface area contributed by atoms with Gasteiger partial charge < -0.3 is 23.9 Å². The third kappa shape index (κ3) is 2.69. The zero-order valence-electron chi connectivity index (χ0n) is 13.9. The number of benzene rings is 2. The molecular formula is C19H19NO4. The van der Waals surface area contributed by atoms with E-state index in [4.69, 9.17) is 14.2 Å². The predicted octanol–water partition coefficient (Wildman–Crippen LogP) is 3.44. The summed E-state index contributed by atoms with van der Waals surface area (Å²) < 4.78 is 16.0. The number of anilines is 1. The zero-order valence-corrected chi connectivity index (χ0v) is 13.9. The summed E-state index contributed by atoms with van der Waals surface area (Å²) in [4.78, 5) is 13.8. The van der Waals surface area contributed by atoms with Crippen LogP contribution in [-0.4, -0.2) is 27.6 Å². The van der Waals surface area contributed by atoms with Crippen molar-refractivity contribution in [3.05, 3.63) is 53.7 Å². The summed E-state index contributed by atoms with van der Waals surface area (Å²) in [6, 6.07) is 10.8. The van der Waals surface area contributed by atoms with Crippen molar-refractivity contribution in [2.45, 2.75) is 6.04 Å². The van der Waals surface area contributed by atoms with Gasteiger partial charge in [0.1, 0.15) is 29.6 Å². The van der Waals surface area contributed by atoms with E-state index in [-0.39, 0.29) is 0 Å². The van der Waals surface area contributed by atoms with Gasteiger partial charge in [-0.05, 0) is 42.0 Å². The normalized spacial score (nSPS) is 15.6. The monoisotopic (exact) mass is 325 g/mol. The molecule has 0 bridgehead atoms. The lowest BCUT2D eigenvalue weighted by atomic mass is 9.95. The molecule has 0 aromatic heterocycles. The highest BCUT2D eigenvalue weighted by molar-refractivity contribution is 5.80. The highest BCUT2D eigenvalue weighted by Gasteiger charge is 2.28. The standard InChI is InChI=1S/C19H19NO4/c1-22-15-6-4-14(5-7-15)20-9-8-13-10-16(23-2)11-18(24-3)19(13)17(20)12-21/h4-12,17H,1-3H3. The molecule has 0 saturated carbocycles. The maximum Gasteiger partial charge on any atom is 0.147 e. The largest absolute Gasteiger partial charge is 0.497 e. The molecule has 0 spiro atoms. The van der Waals surface area contributed by atoms with Crippen molar-refractivity contribution in [3.8, 4) is 17.2 Å². The van der Waals surface area contributed by atoms with Crippen molar-refractivity contribution in [2.75, 3.05) is 26.2 Å². The molecule has 2 aromatic rings. The summed E-state index contributed by atoms with van der Waals surface area (Å²) in [5.74, 6) is 2.09. The number of methoxy groups -OCH3 is 3. The van der Waals surface area contributed by atoms with E-state index in [1.165, 1.54) is 0 Å². The van der Waals surface area contributed by atoms with Crippen LogP contribution in [-0.2, 0) is 4.79 Å². The maximum atomic E-state index is 11.9. The zero-order chi connectivity index (χ0) is 17.1. The Morgan fingerprint density at radius 2 is 1.67 bits per heavy atom. The first-order valence-electron chi connectivity index (χ1n) is 7.53. The molecule has 3 rings (SSSR count). The molecule has 1 aliphatic rings. The van der Waals surface area contributed by atoms with Gasteiger partial charge in [0.15, 0.2) is 0 Å². The highest BCUT2D eigenvalue weighted by atomic mass is 16.5. The summed E-state index contributed by atoms with van der Waals surface area (Å²) in [6.45, 7) is 0. The van der Waals surface area contributed by atoms with Gasteiger partial charge in [-0.25, -0.2) is 0 Å². The summed E-state index contributed by atoms with van der Waals surface area (Å²) in [7, 11) is 4.82. The molecule has 1 aliphatic heterocycles. The molecule has 1 heterocycles. The number of fused-ring (bicyclic) bond motifs is 1. The molecule has 0 radical (unpaired) electrons. The second-order valence-corrected chi connectivity index (χ2v) is 5.33. The minimum atomic E-state index is -0.473. The van der Waals surface area contributed by atoms with E-state index < -0.39 is 6.04 Å². The first kappa shape index (κ1) is 15.9. The SMILES string of the molecule is COc1ccc(N2C=Cc3cc(OC)cc(OC)c3C2C=O)cc1. The first-order valence-corrected chi connectivity index (χ1v) is 7.53. The number of nitrogens with zero attached hydrogens (tertiary/aromatic N) is 1. The lowest BCUT2D eigenvalue weighted by Crippen LogP contribution is -2.28. The fraction of sp³-hybridized carbons (Fsp3) is 0.211. The van der Waals surface area contributed by atoms with Crippen molar-refractivity contribution < 1.29 is 19.0 Å². The number of ether oxygens (including phenoxy) is 3. The van der Waals surface area contributed by atoms with Gasteiger partial charge in [-0.2, -0.15) is 0 Å². The Balaban J connectivity index is 2.07. The molecule has 0 saturated heterocycles. The van der Waals surface area contributed by atoms with Gasteiger partial charge in [0.2, 0.25) is 0 Å². The van der Waals surface area contributed by atoms with E-state index in [9.17, 15) is 4.79 Å². The van der Waals surface area contributed by atoms with Gasteiger partial charge in [-0.3, -0.25) is 0 Å². The fourth-order valence-corrected chi connectivity index (χ4v) is 2.89. The molecule has 1 unspecified atom stereocenters. The van der Waals surface area contributed by atoms with Gasteiger partial charge in [0, 0.05) is 23.5 Å². The van der Waals surface area contributed by atoms with Crippen LogP contribution in [0.15, 0.2) is 42.6 Å². The van der Waals surface area contributed by atoms with E-state index in [2.05, 4.69) is 0 Å². The van der Waals surface area contributed by atoms with E-state index in [1.807, 2.05) is 47.5 Å². The van der Waals surface area contributed by atoms with Gasteiger partial charge in [-0.1, -0.05) is 0 Å². The van der Waals surface area contributed by atoms with Crippen molar-refractivity contribution >= 4 is 18.0 Å². The van der Waals surface area contributed by atoms with E-state index in [0.717, 1.165) is 28.8 Å². The Hall–Kier alpha value is -2.95. The third-order valence-electron chi connectivity index (χ3n) is 4.11. The molecule has 2 aromatic carbocycles. The third-order valence-corrected chi connectivity index (χ3v) is 4.11. The van der Waals surface area contributed by atoms with Gasteiger partial charge in [0.25, 0.3) is 0 Å². The highest BCUT2D eigenvalue weighted by Crippen LogP contribution is 2.41. The van der Waals surface area contributed by atoms with E-state index in [1.54, 1.807) is 27.4 Å². The molecular weight excluding hydrogens is 306 g/mol. The number of hydrogen-bond acceptors (Lipinski definition) is 5. The van der Waals surface area contributed by atoms with E-state index >= 15 is 0 Å². The molecule has 0 aliphatic carbocycles. The van der Waals surface area contributed by atoms with Crippen LogP contribution in [0.2, 0.25) is 0 Å². The second kappa shape index (κ2) is 6.66. The Labute approximate surface area is 141 Å². The number of carbonyl (C=O) groups is 1. The molecule has 124 valence electrons. The average molecular weight is 325 g/mol.